The van der Waals surface area contributed by atoms with E-state index in [9.17, 15) is 4.79 Å². The Labute approximate surface area is 136 Å². The van der Waals surface area contributed by atoms with Gasteiger partial charge in [-0.3, -0.25) is 4.79 Å². The van der Waals surface area contributed by atoms with Crippen LogP contribution < -0.4 is 14.8 Å². The first-order valence-corrected chi connectivity index (χ1v) is 7.64. The molecule has 1 heterocycles. The molecule has 124 valence electrons. The van der Waals surface area contributed by atoms with Gasteiger partial charge in [0, 0.05) is 7.05 Å². The van der Waals surface area contributed by atoms with Crippen LogP contribution in [-0.2, 0) is 7.05 Å². The summed E-state index contributed by atoms with van der Waals surface area (Å²) in [6.45, 7) is 4.23. The number of carbonyl (C=O) groups is 1. The van der Waals surface area contributed by atoms with Crippen LogP contribution in [0.5, 0.6) is 11.6 Å². The first-order valence-electron chi connectivity index (χ1n) is 7.64. The third kappa shape index (κ3) is 4.03. The largest absolute Gasteiger partial charge is 0.489 e. The number of methoxy groups -OCH3 is 1. The fraction of sp³-hybridized carbons (Fsp3) is 0.412. The van der Waals surface area contributed by atoms with Gasteiger partial charge in [0.15, 0.2) is 0 Å². The number of nitrogens with one attached hydrogen (secondary N) is 1. The first kappa shape index (κ1) is 16.9. The zero-order chi connectivity index (χ0) is 16.8. The van der Waals surface area contributed by atoms with Crippen molar-refractivity contribution in [3.63, 3.8) is 0 Å². The number of benzene rings is 1. The lowest BCUT2D eigenvalue weighted by molar-refractivity contribution is 0.0922. The SMILES string of the molecule is CC[C@@H](CNC(=O)c1c(C)nn(C)c1OC)Oc1ccccc1. The van der Waals surface area contributed by atoms with Crippen LogP contribution in [0.25, 0.3) is 0 Å². The topological polar surface area (TPSA) is 65.4 Å². The van der Waals surface area contributed by atoms with Gasteiger partial charge in [0.1, 0.15) is 17.4 Å². The van der Waals surface area contributed by atoms with Crippen LogP contribution in [0.4, 0.5) is 0 Å². The predicted molar refractivity (Wildman–Crippen MR) is 88.0 cm³/mol. The molecule has 23 heavy (non-hydrogen) atoms. The summed E-state index contributed by atoms with van der Waals surface area (Å²) in [6, 6.07) is 9.58. The summed E-state index contributed by atoms with van der Waals surface area (Å²) in [5, 5.41) is 7.12. The number of para-hydroxylation sites is 1. The van der Waals surface area contributed by atoms with Crippen LogP contribution in [0, 0.1) is 6.92 Å². The molecule has 0 fully saturated rings. The van der Waals surface area contributed by atoms with Crippen molar-refractivity contribution in [2.45, 2.75) is 26.4 Å². The lowest BCUT2D eigenvalue weighted by Crippen LogP contribution is -2.35. The van der Waals surface area contributed by atoms with E-state index in [2.05, 4.69) is 10.4 Å². The summed E-state index contributed by atoms with van der Waals surface area (Å²) in [7, 11) is 3.27. The minimum atomic E-state index is -0.206. The lowest BCUT2D eigenvalue weighted by Gasteiger charge is -2.18. The molecule has 2 aromatic rings. The van der Waals surface area contributed by atoms with E-state index in [1.54, 1.807) is 18.7 Å². The van der Waals surface area contributed by atoms with Gasteiger partial charge >= 0.3 is 0 Å². The van der Waals surface area contributed by atoms with E-state index in [1.165, 1.54) is 7.11 Å². The summed E-state index contributed by atoms with van der Waals surface area (Å²) in [5.74, 6) is 1.04. The zero-order valence-corrected chi connectivity index (χ0v) is 14.0. The van der Waals surface area contributed by atoms with E-state index in [0.717, 1.165) is 12.2 Å². The highest BCUT2D eigenvalue weighted by Crippen LogP contribution is 2.20. The number of nitrogens with zero attached hydrogens (tertiary/aromatic N) is 2. The van der Waals surface area contributed by atoms with Crippen LogP contribution >= 0.6 is 0 Å². The quantitative estimate of drug-likeness (QED) is 0.851. The van der Waals surface area contributed by atoms with Crippen LogP contribution in [0.3, 0.4) is 0 Å². The number of hydrogen-bond acceptors (Lipinski definition) is 4. The molecular formula is C17H23N3O3. The number of aromatic nitrogens is 2. The van der Waals surface area contributed by atoms with Gasteiger partial charge in [0.05, 0.1) is 19.3 Å². The van der Waals surface area contributed by atoms with Crippen LogP contribution in [0.15, 0.2) is 30.3 Å². The van der Waals surface area contributed by atoms with E-state index in [0.29, 0.717) is 23.7 Å². The second kappa shape index (κ2) is 7.67. The Morgan fingerprint density at radius 3 is 2.65 bits per heavy atom. The van der Waals surface area contributed by atoms with Crippen molar-refractivity contribution in [1.29, 1.82) is 0 Å². The molecule has 0 saturated heterocycles. The Morgan fingerprint density at radius 2 is 2.04 bits per heavy atom. The molecule has 6 heteroatoms. The monoisotopic (exact) mass is 317 g/mol. The third-order valence-corrected chi connectivity index (χ3v) is 3.58. The van der Waals surface area contributed by atoms with E-state index < -0.39 is 0 Å². The molecular weight excluding hydrogens is 294 g/mol. The number of rotatable bonds is 7. The maximum absolute atomic E-state index is 12.4. The molecule has 0 aliphatic rings. The predicted octanol–water partition coefficient (Wildman–Crippen LogP) is 2.32. The summed E-state index contributed by atoms with van der Waals surface area (Å²) >= 11 is 0. The van der Waals surface area contributed by atoms with Gasteiger partial charge in [-0.1, -0.05) is 25.1 Å². The summed E-state index contributed by atoms with van der Waals surface area (Å²) < 4.78 is 12.7. The van der Waals surface area contributed by atoms with Crippen molar-refractivity contribution < 1.29 is 14.3 Å². The van der Waals surface area contributed by atoms with Gasteiger partial charge in [-0.2, -0.15) is 5.10 Å². The molecule has 0 aliphatic heterocycles. The molecule has 0 saturated carbocycles. The molecule has 0 bridgehead atoms. The van der Waals surface area contributed by atoms with Crippen molar-refractivity contribution in [3.05, 3.63) is 41.6 Å². The van der Waals surface area contributed by atoms with Crippen molar-refractivity contribution in [2.75, 3.05) is 13.7 Å². The minimum absolute atomic E-state index is 0.0932. The van der Waals surface area contributed by atoms with Gasteiger partial charge in [0.2, 0.25) is 5.88 Å². The molecule has 0 unspecified atom stereocenters. The van der Waals surface area contributed by atoms with E-state index in [-0.39, 0.29) is 12.0 Å². The van der Waals surface area contributed by atoms with E-state index in [1.807, 2.05) is 37.3 Å². The Kier molecular flexibility index (Phi) is 5.62. The number of hydrogen-bond donors (Lipinski definition) is 1. The summed E-state index contributed by atoms with van der Waals surface area (Å²) in [4.78, 5) is 12.4. The molecule has 6 nitrogen and oxygen atoms in total. The molecule has 1 amide bonds. The van der Waals surface area contributed by atoms with Crippen molar-refractivity contribution in [2.24, 2.45) is 7.05 Å². The van der Waals surface area contributed by atoms with Gasteiger partial charge in [-0.25, -0.2) is 4.68 Å². The van der Waals surface area contributed by atoms with Crippen LogP contribution in [-0.4, -0.2) is 35.4 Å². The zero-order valence-electron chi connectivity index (χ0n) is 14.0. The maximum Gasteiger partial charge on any atom is 0.258 e. The van der Waals surface area contributed by atoms with Gasteiger partial charge < -0.3 is 14.8 Å². The molecule has 1 atom stereocenters. The van der Waals surface area contributed by atoms with Crippen LogP contribution in [0.1, 0.15) is 29.4 Å². The van der Waals surface area contributed by atoms with Crippen LogP contribution in [0.2, 0.25) is 0 Å². The third-order valence-electron chi connectivity index (χ3n) is 3.58. The van der Waals surface area contributed by atoms with Gasteiger partial charge in [-0.15, -0.1) is 0 Å². The molecule has 0 radical (unpaired) electrons. The fourth-order valence-corrected chi connectivity index (χ4v) is 2.39. The molecule has 0 aliphatic carbocycles. The smallest absolute Gasteiger partial charge is 0.258 e. The van der Waals surface area contributed by atoms with Crippen molar-refractivity contribution in [3.8, 4) is 11.6 Å². The van der Waals surface area contributed by atoms with Gasteiger partial charge in [-0.05, 0) is 25.5 Å². The average molecular weight is 317 g/mol. The number of amides is 1. The number of carbonyl (C=O) groups excluding carboxylic acids is 1. The normalized spacial score (nSPS) is 11.8. The molecule has 0 spiro atoms. The standard InChI is InChI=1S/C17H23N3O3/c1-5-13(23-14-9-7-6-8-10-14)11-18-16(21)15-12(2)19-20(3)17(15)22-4/h6-10,13H,5,11H2,1-4H3,(H,18,21)/t13-/m0/s1. The lowest BCUT2D eigenvalue weighted by atomic mass is 10.2. The number of ether oxygens (including phenoxy) is 2. The Hall–Kier alpha value is -2.50. The summed E-state index contributed by atoms with van der Waals surface area (Å²) in [5.41, 5.74) is 1.10. The van der Waals surface area contributed by atoms with Crippen molar-refractivity contribution >= 4 is 5.91 Å². The maximum atomic E-state index is 12.4. The highest BCUT2D eigenvalue weighted by atomic mass is 16.5. The van der Waals surface area contributed by atoms with Crippen molar-refractivity contribution in [1.82, 2.24) is 15.1 Å². The Bertz CT molecular complexity index is 653. The molecule has 2 rings (SSSR count). The van der Waals surface area contributed by atoms with Gasteiger partial charge in [0.25, 0.3) is 5.91 Å². The average Bonchev–Trinajstić information content (AvgIpc) is 2.85. The fourth-order valence-electron chi connectivity index (χ4n) is 2.39. The molecule has 1 N–H and O–H groups in total. The molecule has 1 aromatic heterocycles. The molecule has 1 aromatic carbocycles. The summed E-state index contributed by atoms with van der Waals surface area (Å²) in [6.07, 6.45) is 0.697. The first-order chi connectivity index (χ1) is 11.1. The second-order valence-electron chi connectivity index (χ2n) is 5.26. The highest BCUT2D eigenvalue weighted by molar-refractivity contribution is 5.97. The second-order valence-corrected chi connectivity index (χ2v) is 5.26. The van der Waals surface area contributed by atoms with E-state index in [4.69, 9.17) is 9.47 Å². The number of aryl methyl sites for hydroxylation is 2. The van der Waals surface area contributed by atoms with E-state index >= 15 is 0 Å². The minimum Gasteiger partial charge on any atom is -0.489 e. The Balaban J connectivity index is 2.00. The highest BCUT2D eigenvalue weighted by Gasteiger charge is 2.21. The Morgan fingerprint density at radius 1 is 1.35 bits per heavy atom.